The molecule has 9 nitrogen and oxygen atoms in total. The lowest BCUT2D eigenvalue weighted by atomic mass is 10.0. The molecule has 2 aliphatic heterocycles. The van der Waals surface area contributed by atoms with E-state index in [2.05, 4.69) is 5.32 Å². The molecule has 2 aliphatic rings. The Labute approximate surface area is 265 Å². The standard InChI is InChI=1S/C34H28N2O7S2/c1-21-17-25(19-28(38)42-21)44-26-20-45(41)33-29(35-27(37)18-22-11-5-2-6-12-22)32(39)36(33)30(26)34(40)43-31(23-13-7-3-8-14-23)24-15-9-4-10-16-24/h2-17,19,29,31,33H,18,20H2,1H3,(H,35,37)/t29-,33+,45?/m1/s1. The van der Waals surface area contributed by atoms with E-state index in [9.17, 15) is 23.4 Å². The van der Waals surface area contributed by atoms with Gasteiger partial charge in [0.05, 0.1) is 23.0 Å². The van der Waals surface area contributed by atoms with Crippen molar-refractivity contribution < 1.29 is 27.7 Å². The van der Waals surface area contributed by atoms with Crippen LogP contribution < -0.4 is 10.9 Å². The van der Waals surface area contributed by atoms with E-state index in [0.29, 0.717) is 15.6 Å². The summed E-state index contributed by atoms with van der Waals surface area (Å²) in [6.07, 6.45) is -0.755. The number of hydrogen-bond donors (Lipinski definition) is 1. The van der Waals surface area contributed by atoms with E-state index in [1.165, 1.54) is 11.0 Å². The van der Waals surface area contributed by atoms with Crippen molar-refractivity contribution in [1.82, 2.24) is 10.2 Å². The summed E-state index contributed by atoms with van der Waals surface area (Å²) in [5.41, 5.74) is 1.57. The van der Waals surface area contributed by atoms with Crippen LogP contribution in [0.25, 0.3) is 0 Å². The molecule has 6 rings (SSSR count). The fourth-order valence-electron chi connectivity index (χ4n) is 5.34. The van der Waals surface area contributed by atoms with Crippen LogP contribution in [0.3, 0.4) is 0 Å². The fraction of sp³-hybridized carbons (Fsp3) is 0.176. The highest BCUT2D eigenvalue weighted by atomic mass is 32.2. The summed E-state index contributed by atoms with van der Waals surface area (Å²) >= 11 is 1.05. The summed E-state index contributed by atoms with van der Waals surface area (Å²) in [5, 5.41) is 1.76. The monoisotopic (exact) mass is 640 g/mol. The Kier molecular flexibility index (Phi) is 8.81. The number of rotatable bonds is 9. The molecule has 0 aliphatic carbocycles. The Morgan fingerprint density at radius 3 is 2.16 bits per heavy atom. The topological polar surface area (TPSA) is 123 Å². The molecule has 45 heavy (non-hydrogen) atoms. The van der Waals surface area contributed by atoms with Crippen molar-refractivity contribution in [1.29, 1.82) is 0 Å². The highest BCUT2D eigenvalue weighted by molar-refractivity contribution is 8.04. The molecule has 11 heteroatoms. The Balaban J connectivity index is 1.34. The van der Waals surface area contributed by atoms with Crippen LogP contribution in [0.15, 0.2) is 128 Å². The second kappa shape index (κ2) is 13.1. The molecule has 0 spiro atoms. The molecular weight excluding hydrogens is 613 g/mol. The molecule has 3 heterocycles. The van der Waals surface area contributed by atoms with Crippen LogP contribution in [-0.2, 0) is 36.3 Å². The van der Waals surface area contributed by atoms with Crippen molar-refractivity contribution in [2.24, 2.45) is 0 Å². The van der Waals surface area contributed by atoms with E-state index in [-0.39, 0.29) is 17.9 Å². The first kappa shape index (κ1) is 30.3. The van der Waals surface area contributed by atoms with Crippen molar-refractivity contribution in [3.05, 3.63) is 147 Å². The van der Waals surface area contributed by atoms with E-state index in [1.807, 2.05) is 78.9 Å². The molecule has 1 saturated heterocycles. The predicted molar refractivity (Wildman–Crippen MR) is 169 cm³/mol. The van der Waals surface area contributed by atoms with Gasteiger partial charge in [-0.15, -0.1) is 0 Å². The Morgan fingerprint density at radius 1 is 0.956 bits per heavy atom. The maximum Gasteiger partial charge on any atom is 0.356 e. The lowest BCUT2D eigenvalue weighted by molar-refractivity contribution is -0.154. The third-order valence-electron chi connectivity index (χ3n) is 7.35. The minimum absolute atomic E-state index is 0.0432. The molecule has 4 aromatic rings. The zero-order valence-corrected chi connectivity index (χ0v) is 25.7. The van der Waals surface area contributed by atoms with Crippen molar-refractivity contribution >= 4 is 40.3 Å². The van der Waals surface area contributed by atoms with Gasteiger partial charge in [-0.3, -0.25) is 18.7 Å². The first-order chi connectivity index (χ1) is 21.8. The molecule has 1 fully saturated rings. The van der Waals surface area contributed by atoms with Crippen molar-refractivity contribution in [3.63, 3.8) is 0 Å². The molecule has 1 unspecified atom stereocenters. The fourth-order valence-corrected chi connectivity index (χ4v) is 8.37. The van der Waals surface area contributed by atoms with Crippen molar-refractivity contribution in [2.45, 2.75) is 35.8 Å². The molecule has 3 aromatic carbocycles. The Bertz CT molecular complexity index is 1820. The second-order valence-corrected chi connectivity index (χ2v) is 13.2. The number of nitrogens with zero attached hydrogens (tertiary/aromatic N) is 1. The van der Waals surface area contributed by atoms with E-state index in [1.54, 1.807) is 25.1 Å². The normalized spacial score (nSPS) is 19.1. The van der Waals surface area contributed by atoms with Gasteiger partial charge in [-0.25, -0.2) is 9.59 Å². The van der Waals surface area contributed by atoms with E-state index in [4.69, 9.17) is 9.15 Å². The van der Waals surface area contributed by atoms with Gasteiger partial charge >= 0.3 is 11.6 Å². The van der Waals surface area contributed by atoms with E-state index < -0.39 is 51.7 Å². The number of nitrogens with one attached hydrogen (secondary N) is 1. The second-order valence-electron chi connectivity index (χ2n) is 10.5. The highest BCUT2D eigenvalue weighted by Crippen LogP contribution is 2.42. The van der Waals surface area contributed by atoms with Crippen LogP contribution in [0, 0.1) is 6.92 Å². The van der Waals surface area contributed by atoms with Crippen LogP contribution in [0.5, 0.6) is 0 Å². The molecule has 1 aromatic heterocycles. The zero-order chi connectivity index (χ0) is 31.5. The summed E-state index contributed by atoms with van der Waals surface area (Å²) in [5.74, 6) is -1.49. The Hall–Kier alpha value is -4.74. The van der Waals surface area contributed by atoms with Gasteiger partial charge in [0, 0.05) is 15.9 Å². The van der Waals surface area contributed by atoms with Gasteiger partial charge < -0.3 is 14.5 Å². The minimum atomic E-state index is -1.68. The summed E-state index contributed by atoms with van der Waals surface area (Å²) in [4.78, 5) is 54.7. The van der Waals surface area contributed by atoms with Crippen LogP contribution in [-0.4, -0.2) is 44.1 Å². The number of aryl methyl sites for hydroxylation is 1. The van der Waals surface area contributed by atoms with Crippen LogP contribution in [0.4, 0.5) is 0 Å². The maximum atomic E-state index is 14.1. The molecule has 228 valence electrons. The number of benzene rings is 3. The highest BCUT2D eigenvalue weighted by Gasteiger charge is 2.57. The zero-order valence-electron chi connectivity index (χ0n) is 24.1. The number of thioether (sulfide) groups is 1. The third kappa shape index (κ3) is 6.54. The number of hydrogen-bond acceptors (Lipinski definition) is 8. The minimum Gasteiger partial charge on any atom is -0.448 e. The van der Waals surface area contributed by atoms with Gasteiger partial charge in [0.25, 0.3) is 5.91 Å². The van der Waals surface area contributed by atoms with Gasteiger partial charge in [-0.05, 0) is 29.7 Å². The number of carbonyl (C=O) groups is 3. The van der Waals surface area contributed by atoms with E-state index >= 15 is 0 Å². The number of esters is 1. The molecule has 1 N–H and O–H groups in total. The van der Waals surface area contributed by atoms with Gasteiger partial charge in [-0.1, -0.05) is 103 Å². The summed E-state index contributed by atoms with van der Waals surface area (Å²) in [7, 11) is -1.68. The maximum absolute atomic E-state index is 14.1. The lowest BCUT2D eigenvalue weighted by Gasteiger charge is -2.49. The Morgan fingerprint density at radius 2 is 1.56 bits per heavy atom. The van der Waals surface area contributed by atoms with Gasteiger partial charge in [0.15, 0.2) is 6.10 Å². The summed E-state index contributed by atoms with van der Waals surface area (Å²) < 4.78 is 24.8. The quantitative estimate of drug-likeness (QED) is 0.213. The van der Waals surface area contributed by atoms with Gasteiger partial charge in [0.2, 0.25) is 5.91 Å². The van der Waals surface area contributed by atoms with Crippen molar-refractivity contribution in [2.75, 3.05) is 5.75 Å². The predicted octanol–water partition coefficient (Wildman–Crippen LogP) is 4.24. The summed E-state index contributed by atoms with van der Waals surface area (Å²) in [6.45, 7) is 1.62. The number of amides is 2. The number of ether oxygens (including phenoxy) is 1. The van der Waals surface area contributed by atoms with Crippen molar-refractivity contribution in [3.8, 4) is 0 Å². The summed E-state index contributed by atoms with van der Waals surface area (Å²) in [6, 6.07) is 29.3. The van der Waals surface area contributed by atoms with Crippen LogP contribution in [0.2, 0.25) is 0 Å². The van der Waals surface area contributed by atoms with Crippen LogP contribution in [0.1, 0.15) is 28.6 Å². The largest absolute Gasteiger partial charge is 0.448 e. The number of β-lactam (4-membered cyclic amide) rings is 1. The molecule has 3 atom stereocenters. The number of fused-ring (bicyclic) bond motifs is 1. The van der Waals surface area contributed by atoms with Gasteiger partial charge in [0.1, 0.15) is 22.9 Å². The number of carbonyl (C=O) groups excluding carboxylic acids is 3. The lowest BCUT2D eigenvalue weighted by Crippen LogP contribution is -2.73. The average molecular weight is 641 g/mol. The molecule has 2 amide bonds. The molecule has 0 saturated carbocycles. The molecule has 0 radical (unpaired) electrons. The van der Waals surface area contributed by atoms with Crippen LogP contribution >= 0.6 is 11.8 Å². The molecule has 0 bridgehead atoms. The van der Waals surface area contributed by atoms with Gasteiger partial charge in [-0.2, -0.15) is 0 Å². The average Bonchev–Trinajstić information content (AvgIpc) is 3.03. The first-order valence-electron chi connectivity index (χ1n) is 14.2. The van der Waals surface area contributed by atoms with E-state index in [0.717, 1.165) is 28.5 Å². The smallest absolute Gasteiger partial charge is 0.356 e. The SMILES string of the molecule is Cc1cc(SC2=C(C(=O)OC(c3ccccc3)c3ccccc3)N3C(=O)[C@@H](NC(=O)Cc4ccccc4)[C@@H]3S(=O)C2)cc(=O)o1. The first-order valence-corrected chi connectivity index (χ1v) is 16.4. The molecular formula is C34H28N2O7S2. The third-order valence-corrected chi connectivity index (χ3v) is 10.2.